The minimum Gasteiger partial charge on any atom is -0.465 e. The van der Waals surface area contributed by atoms with Gasteiger partial charge in [-0.1, -0.05) is 20.8 Å². The van der Waals surface area contributed by atoms with Gasteiger partial charge in [0, 0.05) is 6.42 Å². The summed E-state index contributed by atoms with van der Waals surface area (Å²) < 4.78 is 5.62. The SMILES string of the molecule is CCc1ccc(CNCC2CC2(C)C)o1. The van der Waals surface area contributed by atoms with Gasteiger partial charge in [-0.05, 0) is 36.4 Å². The minimum absolute atomic E-state index is 0.574. The highest BCUT2D eigenvalue weighted by molar-refractivity contribution is 5.07. The van der Waals surface area contributed by atoms with Crippen molar-refractivity contribution in [3.63, 3.8) is 0 Å². The molecule has 1 aromatic rings. The van der Waals surface area contributed by atoms with E-state index in [2.05, 4.69) is 38.2 Å². The first-order chi connectivity index (χ1) is 7.12. The fraction of sp³-hybridized carbons (Fsp3) is 0.692. The lowest BCUT2D eigenvalue weighted by molar-refractivity contribution is 0.439. The Kier molecular flexibility index (Phi) is 2.87. The molecule has 0 radical (unpaired) electrons. The Hall–Kier alpha value is -0.760. The number of hydrogen-bond donors (Lipinski definition) is 1. The highest BCUT2D eigenvalue weighted by atomic mass is 16.3. The molecule has 1 aromatic heterocycles. The van der Waals surface area contributed by atoms with Crippen LogP contribution in [-0.4, -0.2) is 6.54 Å². The topological polar surface area (TPSA) is 25.2 Å². The molecule has 1 aliphatic rings. The highest BCUT2D eigenvalue weighted by Gasteiger charge is 2.44. The Morgan fingerprint density at radius 2 is 2.07 bits per heavy atom. The molecule has 0 aromatic carbocycles. The first-order valence-corrected chi connectivity index (χ1v) is 5.90. The summed E-state index contributed by atoms with van der Waals surface area (Å²) in [5, 5.41) is 3.46. The van der Waals surface area contributed by atoms with E-state index in [1.807, 2.05) is 0 Å². The van der Waals surface area contributed by atoms with Gasteiger partial charge in [-0.2, -0.15) is 0 Å². The molecule has 1 heterocycles. The predicted octanol–water partition coefficient (Wildman–Crippen LogP) is 2.98. The van der Waals surface area contributed by atoms with Gasteiger partial charge in [0.2, 0.25) is 0 Å². The second kappa shape index (κ2) is 4.01. The molecule has 1 saturated carbocycles. The van der Waals surface area contributed by atoms with Crippen molar-refractivity contribution in [2.75, 3.05) is 6.54 Å². The van der Waals surface area contributed by atoms with Crippen molar-refractivity contribution in [3.8, 4) is 0 Å². The van der Waals surface area contributed by atoms with E-state index < -0.39 is 0 Å². The maximum atomic E-state index is 5.62. The van der Waals surface area contributed by atoms with Crippen LogP contribution in [0.5, 0.6) is 0 Å². The van der Waals surface area contributed by atoms with Crippen LogP contribution in [0.2, 0.25) is 0 Å². The minimum atomic E-state index is 0.574. The average molecular weight is 207 g/mol. The predicted molar refractivity (Wildman–Crippen MR) is 61.7 cm³/mol. The van der Waals surface area contributed by atoms with Gasteiger partial charge in [-0.3, -0.25) is 0 Å². The summed E-state index contributed by atoms with van der Waals surface area (Å²) in [4.78, 5) is 0. The third-order valence-electron chi connectivity index (χ3n) is 3.47. The first-order valence-electron chi connectivity index (χ1n) is 5.90. The van der Waals surface area contributed by atoms with E-state index >= 15 is 0 Å². The van der Waals surface area contributed by atoms with Gasteiger partial charge in [0.1, 0.15) is 11.5 Å². The Morgan fingerprint density at radius 1 is 1.40 bits per heavy atom. The molecule has 1 unspecified atom stereocenters. The first kappa shape index (κ1) is 10.7. The second-order valence-electron chi connectivity index (χ2n) is 5.24. The van der Waals surface area contributed by atoms with E-state index in [0.29, 0.717) is 5.41 Å². The summed E-state index contributed by atoms with van der Waals surface area (Å²) in [6.45, 7) is 8.77. The zero-order valence-electron chi connectivity index (χ0n) is 9.97. The summed E-state index contributed by atoms with van der Waals surface area (Å²) >= 11 is 0. The molecule has 1 fully saturated rings. The zero-order chi connectivity index (χ0) is 10.9. The van der Waals surface area contributed by atoms with Gasteiger partial charge < -0.3 is 9.73 Å². The third-order valence-corrected chi connectivity index (χ3v) is 3.47. The summed E-state index contributed by atoms with van der Waals surface area (Å²) in [7, 11) is 0. The lowest BCUT2D eigenvalue weighted by Gasteiger charge is -2.04. The Balaban J connectivity index is 1.70. The lowest BCUT2D eigenvalue weighted by atomic mass is 10.1. The second-order valence-corrected chi connectivity index (χ2v) is 5.24. The van der Waals surface area contributed by atoms with Gasteiger partial charge >= 0.3 is 0 Å². The molecular formula is C13H21NO. The van der Waals surface area contributed by atoms with Crippen molar-refractivity contribution in [1.82, 2.24) is 5.32 Å². The molecule has 1 aliphatic carbocycles. The van der Waals surface area contributed by atoms with Crippen molar-refractivity contribution < 1.29 is 4.42 Å². The van der Waals surface area contributed by atoms with Crippen LogP contribution in [0, 0.1) is 11.3 Å². The molecule has 2 rings (SSSR count). The van der Waals surface area contributed by atoms with Gasteiger partial charge in [-0.15, -0.1) is 0 Å². The molecule has 1 N–H and O–H groups in total. The average Bonchev–Trinajstić information content (AvgIpc) is 2.65. The molecular weight excluding hydrogens is 186 g/mol. The van der Waals surface area contributed by atoms with Crippen LogP contribution in [0.25, 0.3) is 0 Å². The molecule has 0 bridgehead atoms. The molecule has 2 heteroatoms. The van der Waals surface area contributed by atoms with Crippen molar-refractivity contribution >= 4 is 0 Å². The maximum Gasteiger partial charge on any atom is 0.117 e. The van der Waals surface area contributed by atoms with E-state index in [-0.39, 0.29) is 0 Å². The van der Waals surface area contributed by atoms with Gasteiger partial charge in [0.25, 0.3) is 0 Å². The van der Waals surface area contributed by atoms with Crippen LogP contribution in [0.15, 0.2) is 16.5 Å². The molecule has 15 heavy (non-hydrogen) atoms. The van der Waals surface area contributed by atoms with Crippen LogP contribution >= 0.6 is 0 Å². The Labute approximate surface area is 92.1 Å². The van der Waals surface area contributed by atoms with Gasteiger partial charge in [0.15, 0.2) is 0 Å². The Bertz CT molecular complexity index is 327. The van der Waals surface area contributed by atoms with Crippen molar-refractivity contribution in [2.24, 2.45) is 11.3 Å². The van der Waals surface area contributed by atoms with Crippen LogP contribution in [0.3, 0.4) is 0 Å². The number of rotatable bonds is 5. The van der Waals surface area contributed by atoms with Crippen LogP contribution < -0.4 is 5.32 Å². The summed E-state index contributed by atoms with van der Waals surface area (Å²) in [6, 6.07) is 4.14. The van der Waals surface area contributed by atoms with Gasteiger partial charge in [-0.25, -0.2) is 0 Å². The molecule has 84 valence electrons. The molecule has 0 saturated heterocycles. The number of hydrogen-bond acceptors (Lipinski definition) is 2. The quantitative estimate of drug-likeness (QED) is 0.803. The molecule has 0 spiro atoms. The third kappa shape index (κ3) is 2.63. The van der Waals surface area contributed by atoms with Crippen LogP contribution in [-0.2, 0) is 13.0 Å². The highest BCUT2D eigenvalue weighted by Crippen LogP contribution is 2.50. The summed E-state index contributed by atoms with van der Waals surface area (Å²) in [5.74, 6) is 3.00. The largest absolute Gasteiger partial charge is 0.465 e. The van der Waals surface area contributed by atoms with Crippen molar-refractivity contribution in [3.05, 3.63) is 23.7 Å². The molecule has 2 nitrogen and oxygen atoms in total. The van der Waals surface area contributed by atoms with Crippen molar-refractivity contribution in [2.45, 2.75) is 40.2 Å². The molecule has 0 amide bonds. The fourth-order valence-corrected chi connectivity index (χ4v) is 2.00. The van der Waals surface area contributed by atoms with E-state index in [9.17, 15) is 0 Å². The normalized spacial score (nSPS) is 23.0. The number of furan rings is 1. The fourth-order valence-electron chi connectivity index (χ4n) is 2.00. The van der Waals surface area contributed by atoms with E-state index in [1.54, 1.807) is 0 Å². The zero-order valence-corrected chi connectivity index (χ0v) is 9.97. The Morgan fingerprint density at radius 3 is 2.60 bits per heavy atom. The monoisotopic (exact) mass is 207 g/mol. The number of nitrogens with one attached hydrogen (secondary N) is 1. The number of aryl methyl sites for hydroxylation is 1. The lowest BCUT2D eigenvalue weighted by Crippen LogP contribution is -2.17. The molecule has 0 aliphatic heterocycles. The maximum absolute atomic E-state index is 5.62. The standard InChI is InChI=1S/C13H21NO/c1-4-11-5-6-12(15-11)9-14-8-10-7-13(10,2)3/h5-6,10,14H,4,7-9H2,1-3H3. The van der Waals surface area contributed by atoms with Crippen molar-refractivity contribution in [1.29, 1.82) is 0 Å². The van der Waals surface area contributed by atoms with Gasteiger partial charge in [0.05, 0.1) is 6.54 Å². The van der Waals surface area contributed by atoms with E-state index in [1.165, 1.54) is 6.42 Å². The van der Waals surface area contributed by atoms with E-state index in [0.717, 1.165) is 36.9 Å². The van der Waals surface area contributed by atoms with E-state index in [4.69, 9.17) is 4.42 Å². The van der Waals surface area contributed by atoms with Crippen LogP contribution in [0.1, 0.15) is 38.7 Å². The smallest absolute Gasteiger partial charge is 0.117 e. The summed E-state index contributed by atoms with van der Waals surface area (Å²) in [5.41, 5.74) is 0.574. The molecule has 1 atom stereocenters. The van der Waals surface area contributed by atoms with Crippen LogP contribution in [0.4, 0.5) is 0 Å². The summed E-state index contributed by atoms with van der Waals surface area (Å²) in [6.07, 6.45) is 2.34.